The molecule has 3 aromatic carbocycles. The van der Waals surface area contributed by atoms with E-state index in [2.05, 4.69) is 15.5 Å². The third-order valence-corrected chi connectivity index (χ3v) is 6.16. The van der Waals surface area contributed by atoms with Crippen molar-refractivity contribution in [2.24, 2.45) is 5.10 Å². The van der Waals surface area contributed by atoms with Crippen LogP contribution in [0.3, 0.4) is 0 Å². The molecule has 1 aromatic heterocycles. The number of ether oxygens (including phenoxy) is 1. The van der Waals surface area contributed by atoms with Gasteiger partial charge in [0.25, 0.3) is 11.5 Å². The van der Waals surface area contributed by atoms with Gasteiger partial charge in [0, 0.05) is 0 Å². The van der Waals surface area contributed by atoms with Crippen LogP contribution in [0.15, 0.2) is 87.8 Å². The fourth-order valence-corrected chi connectivity index (χ4v) is 4.14. The summed E-state index contributed by atoms with van der Waals surface area (Å²) < 4.78 is 6.71. The summed E-state index contributed by atoms with van der Waals surface area (Å²) in [7, 11) is 1.61. The minimum absolute atomic E-state index is 0.0516. The van der Waals surface area contributed by atoms with Crippen LogP contribution in [0.5, 0.6) is 5.75 Å². The molecular weight excluding hydrogens is 448 g/mol. The van der Waals surface area contributed by atoms with Crippen LogP contribution in [0.4, 0.5) is 0 Å². The van der Waals surface area contributed by atoms with Crippen molar-refractivity contribution in [3.8, 4) is 11.4 Å². The molecule has 0 atom stereocenters. The van der Waals surface area contributed by atoms with Gasteiger partial charge in [-0.3, -0.25) is 14.2 Å². The minimum atomic E-state index is -0.296. The van der Waals surface area contributed by atoms with E-state index in [0.29, 0.717) is 27.5 Å². The maximum Gasteiger partial charge on any atom is 0.266 e. The average Bonchev–Trinajstić information content (AvgIpc) is 2.87. The zero-order chi connectivity index (χ0) is 24.1. The molecule has 0 bridgehead atoms. The maximum absolute atomic E-state index is 13.3. The van der Waals surface area contributed by atoms with Crippen molar-refractivity contribution < 1.29 is 9.53 Å². The number of hydrazone groups is 1. The van der Waals surface area contributed by atoms with Gasteiger partial charge < -0.3 is 4.74 Å². The van der Waals surface area contributed by atoms with E-state index in [-0.39, 0.29) is 17.2 Å². The van der Waals surface area contributed by atoms with Gasteiger partial charge in [-0.25, -0.2) is 10.4 Å². The first-order chi connectivity index (χ1) is 16.5. The number of thioether (sulfide) groups is 1. The fraction of sp³-hybridized carbons (Fsp3) is 0.154. The molecule has 0 aliphatic carbocycles. The van der Waals surface area contributed by atoms with Gasteiger partial charge in [-0.1, -0.05) is 41.6 Å². The van der Waals surface area contributed by atoms with Crippen LogP contribution in [-0.2, 0) is 4.79 Å². The van der Waals surface area contributed by atoms with Crippen molar-refractivity contribution in [3.05, 3.63) is 94.3 Å². The van der Waals surface area contributed by atoms with E-state index in [1.54, 1.807) is 23.8 Å². The number of methoxy groups -OCH3 is 1. The van der Waals surface area contributed by atoms with Gasteiger partial charge in [0.15, 0.2) is 5.16 Å². The molecule has 0 saturated heterocycles. The predicted octanol–water partition coefficient (Wildman–Crippen LogP) is 4.34. The highest BCUT2D eigenvalue weighted by atomic mass is 32.2. The summed E-state index contributed by atoms with van der Waals surface area (Å²) in [6.45, 7) is 3.80. The Bertz CT molecular complexity index is 1410. The monoisotopic (exact) mass is 472 g/mol. The zero-order valence-electron chi connectivity index (χ0n) is 19.1. The van der Waals surface area contributed by atoms with Crippen LogP contribution in [0, 0.1) is 6.92 Å². The Morgan fingerprint density at radius 2 is 1.76 bits per heavy atom. The topological polar surface area (TPSA) is 85.6 Å². The number of benzene rings is 3. The van der Waals surface area contributed by atoms with E-state index in [1.165, 1.54) is 11.8 Å². The van der Waals surface area contributed by atoms with Crippen LogP contribution in [-0.4, -0.2) is 34.0 Å². The number of aryl methyl sites for hydroxylation is 1. The molecule has 0 unspecified atom stereocenters. The molecule has 1 heterocycles. The first kappa shape index (κ1) is 23.3. The number of carbonyl (C=O) groups is 1. The van der Waals surface area contributed by atoms with Crippen LogP contribution < -0.4 is 15.7 Å². The zero-order valence-corrected chi connectivity index (χ0v) is 19.9. The van der Waals surface area contributed by atoms with Gasteiger partial charge in [0.1, 0.15) is 5.75 Å². The highest BCUT2D eigenvalue weighted by Crippen LogP contribution is 2.21. The Kier molecular flexibility index (Phi) is 7.08. The average molecular weight is 473 g/mol. The van der Waals surface area contributed by atoms with E-state index in [9.17, 15) is 9.59 Å². The summed E-state index contributed by atoms with van der Waals surface area (Å²) in [6.07, 6.45) is 0. The molecule has 0 radical (unpaired) electrons. The van der Waals surface area contributed by atoms with Crippen molar-refractivity contribution in [2.75, 3.05) is 12.9 Å². The highest BCUT2D eigenvalue weighted by molar-refractivity contribution is 7.99. The van der Waals surface area contributed by atoms with Crippen molar-refractivity contribution in [1.82, 2.24) is 15.0 Å². The standard InChI is InChI=1S/C26H24N4O3S/c1-17-8-12-20(13-9-17)30-25(32)22-6-4-5-7-23(22)27-26(30)34-16-24(31)29-28-18(2)19-10-14-21(33-3)15-11-19/h4-15H,16H2,1-3H3,(H,29,31). The number of carbonyl (C=O) groups excluding carboxylic acids is 1. The van der Waals surface area contributed by atoms with E-state index in [4.69, 9.17) is 4.74 Å². The number of para-hydroxylation sites is 1. The lowest BCUT2D eigenvalue weighted by atomic mass is 10.1. The number of nitrogens with zero attached hydrogens (tertiary/aromatic N) is 3. The molecule has 1 amide bonds. The van der Waals surface area contributed by atoms with Crippen molar-refractivity contribution in [1.29, 1.82) is 0 Å². The molecule has 4 rings (SSSR count). The third-order valence-electron chi connectivity index (χ3n) is 5.23. The van der Waals surface area contributed by atoms with Crippen molar-refractivity contribution in [3.63, 3.8) is 0 Å². The van der Waals surface area contributed by atoms with Crippen molar-refractivity contribution in [2.45, 2.75) is 19.0 Å². The van der Waals surface area contributed by atoms with Gasteiger partial charge >= 0.3 is 0 Å². The Hall–Kier alpha value is -3.91. The number of rotatable bonds is 7. The number of fused-ring (bicyclic) bond motifs is 1. The molecule has 1 N–H and O–H groups in total. The van der Waals surface area contributed by atoms with Gasteiger partial charge in [-0.15, -0.1) is 0 Å². The van der Waals surface area contributed by atoms with E-state index in [0.717, 1.165) is 16.9 Å². The third kappa shape index (κ3) is 5.18. The SMILES string of the molecule is COc1ccc(C(C)=NNC(=O)CSc2nc3ccccc3c(=O)n2-c2ccc(C)cc2)cc1. The minimum Gasteiger partial charge on any atom is -0.497 e. The van der Waals surface area contributed by atoms with Gasteiger partial charge in [-0.05, 0) is 67.9 Å². The first-order valence-electron chi connectivity index (χ1n) is 10.7. The molecule has 4 aromatic rings. The summed E-state index contributed by atoms with van der Waals surface area (Å²) in [4.78, 5) is 30.5. The molecule has 34 heavy (non-hydrogen) atoms. The van der Waals surface area contributed by atoms with Gasteiger partial charge in [0.2, 0.25) is 0 Å². The normalized spacial score (nSPS) is 11.4. The lowest BCUT2D eigenvalue weighted by molar-refractivity contribution is -0.118. The van der Waals surface area contributed by atoms with E-state index in [1.807, 2.05) is 74.5 Å². The lowest BCUT2D eigenvalue weighted by Crippen LogP contribution is -2.24. The molecule has 172 valence electrons. The molecule has 0 saturated carbocycles. The number of nitrogens with one attached hydrogen (secondary N) is 1. The summed E-state index contributed by atoms with van der Waals surface area (Å²) in [6, 6.07) is 22.2. The van der Waals surface area contributed by atoms with Crippen LogP contribution in [0.1, 0.15) is 18.1 Å². The molecule has 0 spiro atoms. The van der Waals surface area contributed by atoms with Gasteiger partial charge in [-0.2, -0.15) is 5.10 Å². The van der Waals surface area contributed by atoms with E-state index >= 15 is 0 Å². The second-order valence-corrected chi connectivity index (χ2v) is 8.58. The quantitative estimate of drug-likeness (QED) is 0.187. The Balaban J connectivity index is 1.55. The largest absolute Gasteiger partial charge is 0.497 e. The highest BCUT2D eigenvalue weighted by Gasteiger charge is 2.15. The summed E-state index contributed by atoms with van der Waals surface area (Å²) >= 11 is 1.19. The molecule has 0 aliphatic rings. The smallest absolute Gasteiger partial charge is 0.266 e. The molecule has 0 fully saturated rings. The first-order valence-corrected chi connectivity index (χ1v) is 11.6. The van der Waals surface area contributed by atoms with Crippen molar-refractivity contribution >= 4 is 34.3 Å². The van der Waals surface area contributed by atoms with E-state index < -0.39 is 0 Å². The predicted molar refractivity (Wildman–Crippen MR) is 136 cm³/mol. The number of amides is 1. The summed E-state index contributed by atoms with van der Waals surface area (Å²) in [5.74, 6) is 0.506. The number of hydrogen-bond donors (Lipinski definition) is 1. The Morgan fingerprint density at radius 3 is 2.47 bits per heavy atom. The Morgan fingerprint density at radius 1 is 1.06 bits per heavy atom. The summed E-state index contributed by atoms with van der Waals surface area (Å²) in [5.41, 5.74) is 6.32. The number of hydrogen-bond acceptors (Lipinski definition) is 6. The maximum atomic E-state index is 13.3. The molecule has 0 aliphatic heterocycles. The molecule has 8 heteroatoms. The second-order valence-electron chi connectivity index (χ2n) is 7.64. The summed E-state index contributed by atoms with van der Waals surface area (Å²) in [5, 5.41) is 5.16. The van der Waals surface area contributed by atoms with Crippen LogP contribution in [0.2, 0.25) is 0 Å². The fourth-order valence-electron chi connectivity index (χ4n) is 3.34. The van der Waals surface area contributed by atoms with Crippen LogP contribution >= 0.6 is 11.8 Å². The second kappa shape index (κ2) is 10.4. The van der Waals surface area contributed by atoms with Crippen LogP contribution in [0.25, 0.3) is 16.6 Å². The Labute approximate surface area is 201 Å². The molecular formula is C26H24N4O3S. The lowest BCUT2D eigenvalue weighted by Gasteiger charge is -2.13. The van der Waals surface area contributed by atoms with Gasteiger partial charge in [0.05, 0.1) is 35.2 Å². The number of aromatic nitrogens is 2. The molecule has 7 nitrogen and oxygen atoms in total.